The first-order valence-corrected chi connectivity index (χ1v) is 5.79. The molecule has 0 saturated carbocycles. The normalized spacial score (nSPS) is 18.6. The van der Waals surface area contributed by atoms with E-state index in [2.05, 4.69) is 10.6 Å². The molecule has 17 heavy (non-hydrogen) atoms. The Morgan fingerprint density at radius 3 is 2.47 bits per heavy atom. The number of nitrogens with one attached hydrogen (secondary N) is 2. The summed E-state index contributed by atoms with van der Waals surface area (Å²) in [5.74, 6) is 0.0263. The van der Waals surface area contributed by atoms with Crippen molar-refractivity contribution in [2.75, 3.05) is 47.4 Å². The summed E-state index contributed by atoms with van der Waals surface area (Å²) in [7, 11) is 5.60. The van der Waals surface area contributed by atoms with Gasteiger partial charge in [0.25, 0.3) is 5.91 Å². The Balaban J connectivity index is 0.00000256. The van der Waals surface area contributed by atoms with Crippen LogP contribution in [0.3, 0.4) is 0 Å². The SMILES string of the molecule is COC1(C(=O)NCCN(C)C)CCNCC1.Cl. The van der Waals surface area contributed by atoms with Gasteiger partial charge in [0.05, 0.1) is 0 Å². The molecule has 102 valence electrons. The molecule has 1 saturated heterocycles. The van der Waals surface area contributed by atoms with Crippen LogP contribution in [-0.2, 0) is 9.53 Å². The fourth-order valence-corrected chi connectivity index (χ4v) is 1.91. The number of amides is 1. The first-order chi connectivity index (χ1) is 7.60. The monoisotopic (exact) mass is 265 g/mol. The van der Waals surface area contributed by atoms with Gasteiger partial charge in [-0.25, -0.2) is 0 Å². The van der Waals surface area contributed by atoms with Crippen LogP contribution in [-0.4, -0.2) is 63.8 Å². The maximum absolute atomic E-state index is 12.1. The zero-order valence-electron chi connectivity index (χ0n) is 10.9. The van der Waals surface area contributed by atoms with Crippen molar-refractivity contribution in [1.82, 2.24) is 15.5 Å². The number of rotatable bonds is 5. The second kappa shape index (κ2) is 7.87. The van der Waals surface area contributed by atoms with Gasteiger partial charge in [0, 0.05) is 20.2 Å². The summed E-state index contributed by atoms with van der Waals surface area (Å²) in [5, 5.41) is 6.18. The number of hydrogen-bond donors (Lipinski definition) is 2. The van der Waals surface area contributed by atoms with Gasteiger partial charge in [-0.05, 0) is 40.0 Å². The second-order valence-electron chi connectivity index (χ2n) is 4.51. The summed E-state index contributed by atoms with van der Waals surface area (Å²) in [6.45, 7) is 3.21. The molecule has 6 heteroatoms. The smallest absolute Gasteiger partial charge is 0.252 e. The van der Waals surface area contributed by atoms with E-state index < -0.39 is 5.60 Å². The molecule has 0 spiro atoms. The lowest BCUT2D eigenvalue weighted by molar-refractivity contribution is -0.146. The third kappa shape index (κ3) is 4.79. The molecule has 1 aliphatic rings. The van der Waals surface area contributed by atoms with Crippen molar-refractivity contribution in [1.29, 1.82) is 0 Å². The first kappa shape index (κ1) is 16.6. The molecule has 1 fully saturated rings. The van der Waals surface area contributed by atoms with Crippen molar-refractivity contribution in [3.05, 3.63) is 0 Å². The molecule has 0 aromatic heterocycles. The van der Waals surface area contributed by atoms with Crippen molar-refractivity contribution >= 4 is 18.3 Å². The number of nitrogens with zero attached hydrogens (tertiary/aromatic N) is 1. The highest BCUT2D eigenvalue weighted by Crippen LogP contribution is 2.22. The Hall–Kier alpha value is -0.360. The summed E-state index contributed by atoms with van der Waals surface area (Å²) >= 11 is 0. The summed E-state index contributed by atoms with van der Waals surface area (Å²) in [6, 6.07) is 0. The summed E-state index contributed by atoms with van der Waals surface area (Å²) in [6.07, 6.45) is 1.49. The van der Waals surface area contributed by atoms with E-state index in [-0.39, 0.29) is 18.3 Å². The lowest BCUT2D eigenvalue weighted by Gasteiger charge is -2.34. The van der Waals surface area contributed by atoms with Crippen LogP contribution in [0.2, 0.25) is 0 Å². The van der Waals surface area contributed by atoms with E-state index in [1.54, 1.807) is 7.11 Å². The lowest BCUT2D eigenvalue weighted by atomic mass is 9.91. The quantitative estimate of drug-likeness (QED) is 0.726. The number of methoxy groups -OCH3 is 1. The van der Waals surface area contributed by atoms with Crippen molar-refractivity contribution in [2.24, 2.45) is 0 Å². The van der Waals surface area contributed by atoms with Gasteiger partial charge in [-0.3, -0.25) is 4.79 Å². The number of piperidine rings is 1. The van der Waals surface area contributed by atoms with Crippen LogP contribution in [0, 0.1) is 0 Å². The summed E-state index contributed by atoms with van der Waals surface area (Å²) in [4.78, 5) is 14.1. The minimum atomic E-state index is -0.614. The number of carbonyl (C=O) groups excluding carboxylic acids is 1. The van der Waals surface area contributed by atoms with E-state index in [4.69, 9.17) is 4.74 Å². The lowest BCUT2D eigenvalue weighted by Crippen LogP contribution is -2.54. The van der Waals surface area contributed by atoms with Crippen LogP contribution in [0.4, 0.5) is 0 Å². The first-order valence-electron chi connectivity index (χ1n) is 5.79. The Kier molecular flexibility index (Phi) is 7.70. The molecule has 0 aromatic rings. The molecule has 2 N–H and O–H groups in total. The molecule has 1 amide bonds. The molecule has 0 aromatic carbocycles. The molecular weight excluding hydrogens is 242 g/mol. The highest BCUT2D eigenvalue weighted by atomic mass is 35.5. The Morgan fingerprint density at radius 1 is 1.41 bits per heavy atom. The standard InChI is InChI=1S/C11H23N3O2.ClH/c1-14(2)9-8-13-10(15)11(16-3)4-6-12-7-5-11;/h12H,4-9H2,1-3H3,(H,13,15);1H. The van der Waals surface area contributed by atoms with E-state index in [0.29, 0.717) is 6.54 Å². The van der Waals surface area contributed by atoms with Crippen molar-refractivity contribution in [2.45, 2.75) is 18.4 Å². The van der Waals surface area contributed by atoms with Gasteiger partial charge in [0.2, 0.25) is 0 Å². The van der Waals surface area contributed by atoms with Gasteiger partial charge in [0.1, 0.15) is 5.60 Å². The summed E-state index contributed by atoms with van der Waals surface area (Å²) < 4.78 is 5.43. The van der Waals surface area contributed by atoms with E-state index in [1.807, 2.05) is 19.0 Å². The molecule has 5 nitrogen and oxygen atoms in total. The van der Waals surface area contributed by atoms with Crippen LogP contribution in [0.25, 0.3) is 0 Å². The molecule has 0 bridgehead atoms. The number of ether oxygens (including phenoxy) is 1. The van der Waals surface area contributed by atoms with Crippen LogP contribution < -0.4 is 10.6 Å². The maximum atomic E-state index is 12.1. The molecule has 1 rings (SSSR count). The van der Waals surface area contributed by atoms with Crippen molar-refractivity contribution in [3.8, 4) is 0 Å². The third-order valence-corrected chi connectivity index (χ3v) is 3.06. The molecule has 0 atom stereocenters. The minimum Gasteiger partial charge on any atom is -0.368 e. The van der Waals surface area contributed by atoms with E-state index >= 15 is 0 Å². The third-order valence-electron chi connectivity index (χ3n) is 3.06. The molecule has 0 radical (unpaired) electrons. The molecule has 1 heterocycles. The number of hydrogen-bond acceptors (Lipinski definition) is 4. The topological polar surface area (TPSA) is 53.6 Å². The van der Waals surface area contributed by atoms with Gasteiger partial charge < -0.3 is 20.3 Å². The molecule has 1 aliphatic heterocycles. The summed E-state index contributed by atoms with van der Waals surface area (Å²) in [5.41, 5.74) is -0.614. The molecule has 0 unspecified atom stereocenters. The predicted molar refractivity (Wildman–Crippen MR) is 70.7 cm³/mol. The fourth-order valence-electron chi connectivity index (χ4n) is 1.91. The van der Waals surface area contributed by atoms with Gasteiger partial charge >= 0.3 is 0 Å². The average molecular weight is 266 g/mol. The van der Waals surface area contributed by atoms with Crippen LogP contribution in [0.15, 0.2) is 0 Å². The van der Waals surface area contributed by atoms with E-state index in [1.165, 1.54) is 0 Å². The zero-order chi connectivity index (χ0) is 12.0. The maximum Gasteiger partial charge on any atom is 0.252 e. The number of halogens is 1. The van der Waals surface area contributed by atoms with Crippen LogP contribution in [0.5, 0.6) is 0 Å². The largest absolute Gasteiger partial charge is 0.368 e. The van der Waals surface area contributed by atoms with Gasteiger partial charge in [-0.1, -0.05) is 0 Å². The van der Waals surface area contributed by atoms with Crippen LogP contribution >= 0.6 is 12.4 Å². The van der Waals surface area contributed by atoms with Gasteiger partial charge in [-0.15, -0.1) is 12.4 Å². The van der Waals surface area contributed by atoms with E-state index in [9.17, 15) is 4.79 Å². The Bertz CT molecular complexity index is 231. The van der Waals surface area contributed by atoms with Crippen molar-refractivity contribution < 1.29 is 9.53 Å². The average Bonchev–Trinajstić information content (AvgIpc) is 2.29. The van der Waals surface area contributed by atoms with Gasteiger partial charge in [0.15, 0.2) is 0 Å². The molecule has 0 aliphatic carbocycles. The minimum absolute atomic E-state index is 0. The fraction of sp³-hybridized carbons (Fsp3) is 0.909. The zero-order valence-corrected chi connectivity index (χ0v) is 11.7. The van der Waals surface area contributed by atoms with Crippen molar-refractivity contribution in [3.63, 3.8) is 0 Å². The second-order valence-corrected chi connectivity index (χ2v) is 4.51. The number of carbonyl (C=O) groups is 1. The van der Waals surface area contributed by atoms with Gasteiger partial charge in [-0.2, -0.15) is 0 Å². The Labute approximate surface area is 110 Å². The van der Waals surface area contributed by atoms with E-state index in [0.717, 1.165) is 32.5 Å². The number of likely N-dealkylation sites (N-methyl/N-ethyl adjacent to an activating group) is 1. The predicted octanol–water partition coefficient (Wildman–Crippen LogP) is -0.145. The highest BCUT2D eigenvalue weighted by Gasteiger charge is 2.39. The van der Waals surface area contributed by atoms with Crippen LogP contribution in [0.1, 0.15) is 12.8 Å². The Morgan fingerprint density at radius 2 is 2.00 bits per heavy atom. The highest BCUT2D eigenvalue weighted by molar-refractivity contribution is 5.85. The molecular formula is C11H24ClN3O2.